The summed E-state index contributed by atoms with van der Waals surface area (Å²) in [7, 11) is 0. The molecule has 2 rings (SSSR count). The Kier molecular flexibility index (Phi) is 5.74. The van der Waals surface area contributed by atoms with Gasteiger partial charge in [-0.1, -0.05) is 31.2 Å². The van der Waals surface area contributed by atoms with Crippen molar-refractivity contribution in [3.63, 3.8) is 0 Å². The molecule has 0 aliphatic carbocycles. The zero-order valence-corrected chi connectivity index (χ0v) is 12.9. The first-order chi connectivity index (χ1) is 11.1. The summed E-state index contributed by atoms with van der Waals surface area (Å²) in [6.45, 7) is 1.99. The summed E-state index contributed by atoms with van der Waals surface area (Å²) < 4.78 is 5.43. The Morgan fingerprint density at radius 3 is 2.17 bits per heavy atom. The number of nitrogens with one attached hydrogen (secondary N) is 1. The van der Waals surface area contributed by atoms with E-state index in [1.54, 1.807) is 24.3 Å². The van der Waals surface area contributed by atoms with Crippen LogP contribution in [0.3, 0.4) is 0 Å². The van der Waals surface area contributed by atoms with Crippen LogP contribution in [0.2, 0.25) is 0 Å². The molecule has 0 atom stereocenters. The number of carboxylic acid groups (broad SMARTS) is 1. The quantitative estimate of drug-likeness (QED) is 0.824. The average Bonchev–Trinajstić information content (AvgIpc) is 2.55. The van der Waals surface area contributed by atoms with E-state index in [0.717, 1.165) is 6.42 Å². The zero-order valence-electron chi connectivity index (χ0n) is 12.9. The lowest BCUT2D eigenvalue weighted by Gasteiger charge is -2.08. The average molecular weight is 313 g/mol. The van der Waals surface area contributed by atoms with E-state index in [1.165, 1.54) is 5.56 Å². The van der Waals surface area contributed by atoms with Crippen molar-refractivity contribution in [2.45, 2.75) is 19.8 Å². The molecule has 0 unspecified atom stereocenters. The van der Waals surface area contributed by atoms with Crippen molar-refractivity contribution in [1.82, 2.24) is 0 Å². The highest BCUT2D eigenvalue weighted by Gasteiger charge is 2.05. The van der Waals surface area contributed by atoms with Crippen molar-refractivity contribution in [1.29, 1.82) is 0 Å². The van der Waals surface area contributed by atoms with Gasteiger partial charge in [0.15, 0.2) is 6.61 Å². The van der Waals surface area contributed by atoms with Gasteiger partial charge in [0.25, 0.3) is 5.91 Å². The van der Waals surface area contributed by atoms with Crippen LogP contribution in [0.25, 0.3) is 0 Å². The molecule has 23 heavy (non-hydrogen) atoms. The minimum atomic E-state index is -0.885. The Hall–Kier alpha value is -2.82. The van der Waals surface area contributed by atoms with E-state index in [-0.39, 0.29) is 18.9 Å². The summed E-state index contributed by atoms with van der Waals surface area (Å²) in [4.78, 5) is 22.4. The third-order valence-corrected chi connectivity index (χ3v) is 3.29. The van der Waals surface area contributed by atoms with Crippen molar-refractivity contribution in [2.24, 2.45) is 0 Å². The van der Waals surface area contributed by atoms with Gasteiger partial charge in [-0.2, -0.15) is 0 Å². The van der Waals surface area contributed by atoms with Crippen LogP contribution in [-0.2, 0) is 22.4 Å². The fourth-order valence-electron chi connectivity index (χ4n) is 2.05. The third kappa shape index (κ3) is 5.47. The van der Waals surface area contributed by atoms with Crippen LogP contribution in [0.4, 0.5) is 5.69 Å². The Bertz CT molecular complexity index is 662. The third-order valence-electron chi connectivity index (χ3n) is 3.29. The molecule has 0 spiro atoms. The number of hydrogen-bond acceptors (Lipinski definition) is 3. The fraction of sp³-hybridized carbons (Fsp3) is 0.222. The first-order valence-corrected chi connectivity index (χ1v) is 7.39. The van der Waals surface area contributed by atoms with Crippen LogP contribution in [0.1, 0.15) is 18.1 Å². The largest absolute Gasteiger partial charge is 0.484 e. The predicted molar refractivity (Wildman–Crippen MR) is 87.7 cm³/mol. The van der Waals surface area contributed by atoms with Crippen LogP contribution in [0.15, 0.2) is 48.5 Å². The maximum Gasteiger partial charge on any atom is 0.307 e. The van der Waals surface area contributed by atoms with Gasteiger partial charge < -0.3 is 15.2 Å². The van der Waals surface area contributed by atoms with Gasteiger partial charge in [0.05, 0.1) is 6.42 Å². The number of rotatable bonds is 7. The highest BCUT2D eigenvalue weighted by molar-refractivity contribution is 5.91. The minimum absolute atomic E-state index is 0.0366. The second-order valence-electron chi connectivity index (χ2n) is 5.10. The Morgan fingerprint density at radius 2 is 1.61 bits per heavy atom. The van der Waals surface area contributed by atoms with Crippen LogP contribution in [0.5, 0.6) is 5.75 Å². The molecule has 5 nitrogen and oxygen atoms in total. The highest BCUT2D eigenvalue weighted by atomic mass is 16.5. The number of aryl methyl sites for hydroxylation is 1. The molecular formula is C18H19NO4. The highest BCUT2D eigenvalue weighted by Crippen LogP contribution is 2.13. The number of ether oxygens (including phenoxy) is 1. The van der Waals surface area contributed by atoms with E-state index in [9.17, 15) is 9.59 Å². The first kappa shape index (κ1) is 16.5. The van der Waals surface area contributed by atoms with Gasteiger partial charge in [-0.15, -0.1) is 0 Å². The van der Waals surface area contributed by atoms with Crippen LogP contribution < -0.4 is 10.1 Å². The van der Waals surface area contributed by atoms with E-state index < -0.39 is 5.97 Å². The van der Waals surface area contributed by atoms with E-state index in [1.807, 2.05) is 24.3 Å². The summed E-state index contributed by atoms with van der Waals surface area (Å²) in [5, 5.41) is 11.4. The summed E-state index contributed by atoms with van der Waals surface area (Å²) in [6.07, 6.45) is 0.920. The molecule has 0 fully saturated rings. The van der Waals surface area contributed by atoms with Crippen molar-refractivity contribution < 1.29 is 19.4 Å². The smallest absolute Gasteiger partial charge is 0.307 e. The van der Waals surface area contributed by atoms with E-state index in [2.05, 4.69) is 12.2 Å². The Morgan fingerprint density at radius 1 is 1.00 bits per heavy atom. The standard InChI is InChI=1S/C18H19NO4/c1-2-13-5-9-16(10-6-13)23-12-17(20)19-15-7-3-14(4-8-15)11-18(21)22/h3-10H,2,11-12H2,1H3,(H,19,20)(H,21,22). The second kappa shape index (κ2) is 7.98. The lowest BCUT2D eigenvalue weighted by atomic mass is 10.1. The molecule has 0 radical (unpaired) electrons. The number of carbonyl (C=O) groups is 2. The van der Waals surface area contributed by atoms with E-state index in [0.29, 0.717) is 17.0 Å². The van der Waals surface area contributed by atoms with Gasteiger partial charge >= 0.3 is 5.97 Å². The van der Waals surface area contributed by atoms with Crippen LogP contribution in [-0.4, -0.2) is 23.6 Å². The van der Waals surface area contributed by atoms with Crippen molar-refractivity contribution >= 4 is 17.6 Å². The number of anilines is 1. The lowest BCUT2D eigenvalue weighted by Crippen LogP contribution is -2.20. The normalized spacial score (nSPS) is 10.1. The molecular weight excluding hydrogens is 294 g/mol. The molecule has 1 amide bonds. The summed E-state index contributed by atoms with van der Waals surface area (Å²) in [5.74, 6) is -0.506. The van der Waals surface area contributed by atoms with Gasteiger partial charge in [-0.25, -0.2) is 0 Å². The number of benzene rings is 2. The number of carboxylic acids is 1. The minimum Gasteiger partial charge on any atom is -0.484 e. The Balaban J connectivity index is 1.82. The molecule has 120 valence electrons. The van der Waals surface area contributed by atoms with Gasteiger partial charge in [-0.3, -0.25) is 9.59 Å². The van der Waals surface area contributed by atoms with Crippen molar-refractivity contribution in [3.8, 4) is 5.75 Å². The molecule has 5 heteroatoms. The molecule has 0 aliphatic heterocycles. The molecule has 0 saturated heterocycles. The zero-order chi connectivity index (χ0) is 16.7. The first-order valence-electron chi connectivity index (χ1n) is 7.39. The molecule has 0 aromatic heterocycles. The molecule has 2 aromatic carbocycles. The van der Waals surface area contributed by atoms with Gasteiger partial charge in [0, 0.05) is 5.69 Å². The molecule has 0 bridgehead atoms. The fourth-order valence-corrected chi connectivity index (χ4v) is 2.05. The second-order valence-corrected chi connectivity index (χ2v) is 5.10. The molecule has 0 heterocycles. The number of amides is 1. The maximum absolute atomic E-state index is 11.8. The van der Waals surface area contributed by atoms with Crippen molar-refractivity contribution in [3.05, 3.63) is 59.7 Å². The SMILES string of the molecule is CCc1ccc(OCC(=O)Nc2ccc(CC(=O)O)cc2)cc1. The van der Waals surface area contributed by atoms with Gasteiger partial charge in [0.2, 0.25) is 0 Å². The molecule has 0 saturated carbocycles. The Labute approximate surface area is 134 Å². The van der Waals surface area contributed by atoms with Crippen LogP contribution >= 0.6 is 0 Å². The van der Waals surface area contributed by atoms with Gasteiger partial charge in [-0.05, 0) is 41.8 Å². The number of hydrogen-bond donors (Lipinski definition) is 2. The summed E-state index contributed by atoms with van der Waals surface area (Å²) in [5.41, 5.74) is 2.50. The number of aliphatic carboxylic acids is 1. The maximum atomic E-state index is 11.8. The van der Waals surface area contributed by atoms with Gasteiger partial charge in [0.1, 0.15) is 5.75 Å². The molecule has 2 N–H and O–H groups in total. The van der Waals surface area contributed by atoms with E-state index in [4.69, 9.17) is 9.84 Å². The van der Waals surface area contributed by atoms with Crippen molar-refractivity contribution in [2.75, 3.05) is 11.9 Å². The summed E-state index contributed by atoms with van der Waals surface area (Å²) >= 11 is 0. The number of carbonyl (C=O) groups excluding carboxylic acids is 1. The molecule has 2 aromatic rings. The lowest BCUT2D eigenvalue weighted by molar-refractivity contribution is -0.136. The molecule has 0 aliphatic rings. The van der Waals surface area contributed by atoms with E-state index >= 15 is 0 Å². The predicted octanol–water partition coefficient (Wildman–Crippen LogP) is 2.89. The topological polar surface area (TPSA) is 75.6 Å². The summed E-state index contributed by atoms with van der Waals surface area (Å²) in [6, 6.07) is 14.3. The van der Waals surface area contributed by atoms with Crippen LogP contribution in [0, 0.1) is 0 Å². The monoisotopic (exact) mass is 313 g/mol.